The lowest BCUT2D eigenvalue weighted by molar-refractivity contribution is -0.150. The van der Waals surface area contributed by atoms with Crippen LogP contribution in [0, 0.1) is 5.92 Å². The second kappa shape index (κ2) is 15.9. The summed E-state index contributed by atoms with van der Waals surface area (Å²) in [7, 11) is 3.27. The lowest BCUT2D eigenvalue weighted by Crippen LogP contribution is -2.47. The van der Waals surface area contributed by atoms with E-state index in [0.29, 0.717) is 19.4 Å². The van der Waals surface area contributed by atoms with E-state index in [-0.39, 0.29) is 49.1 Å². The van der Waals surface area contributed by atoms with E-state index in [4.69, 9.17) is 9.47 Å². The summed E-state index contributed by atoms with van der Waals surface area (Å²) in [4.78, 5) is 27.4. The van der Waals surface area contributed by atoms with Crippen LogP contribution in [0.5, 0.6) is 0 Å². The lowest BCUT2D eigenvalue weighted by atomic mass is 9.92. The highest BCUT2D eigenvalue weighted by molar-refractivity contribution is 5.80. The van der Waals surface area contributed by atoms with Gasteiger partial charge in [-0.05, 0) is 61.9 Å². The summed E-state index contributed by atoms with van der Waals surface area (Å²) in [6.07, 6.45) is 10.7. The van der Waals surface area contributed by atoms with Crippen LogP contribution in [-0.4, -0.2) is 78.8 Å². The van der Waals surface area contributed by atoms with E-state index in [0.717, 1.165) is 31.5 Å². The summed E-state index contributed by atoms with van der Waals surface area (Å²) in [5, 5.41) is 11.1. The first-order chi connectivity index (χ1) is 19.9. The van der Waals surface area contributed by atoms with Crippen molar-refractivity contribution in [2.45, 2.75) is 76.2 Å². The van der Waals surface area contributed by atoms with Crippen molar-refractivity contribution in [3.63, 3.8) is 0 Å². The van der Waals surface area contributed by atoms with Gasteiger partial charge < -0.3 is 19.5 Å². The first kappa shape index (κ1) is 30.9. The third-order valence-corrected chi connectivity index (χ3v) is 8.33. The van der Waals surface area contributed by atoms with E-state index in [1.54, 1.807) is 14.1 Å². The Morgan fingerprint density at radius 2 is 1.63 bits per heavy atom. The third kappa shape index (κ3) is 9.25. The molecule has 4 atom stereocenters. The molecule has 2 fully saturated rings. The van der Waals surface area contributed by atoms with Crippen molar-refractivity contribution in [2.75, 3.05) is 33.8 Å². The molecule has 1 aliphatic heterocycles. The number of carbonyl (C=O) groups is 2. The summed E-state index contributed by atoms with van der Waals surface area (Å²) < 4.78 is 11.5. The average molecular weight is 563 g/mol. The summed E-state index contributed by atoms with van der Waals surface area (Å²) in [6.45, 7) is 2.40. The number of ether oxygens (including phenoxy) is 2. The largest absolute Gasteiger partial charge is 0.456 e. The van der Waals surface area contributed by atoms with Gasteiger partial charge in [0.25, 0.3) is 5.91 Å². The molecule has 2 aliphatic rings. The summed E-state index contributed by atoms with van der Waals surface area (Å²) in [5.41, 5.74) is 3.53. The van der Waals surface area contributed by atoms with Crippen molar-refractivity contribution >= 4 is 11.9 Å². The zero-order valence-corrected chi connectivity index (χ0v) is 24.6. The maximum absolute atomic E-state index is 11.9. The summed E-state index contributed by atoms with van der Waals surface area (Å²) in [6, 6.07) is 19.0. The number of hydrogen-bond acceptors (Lipinski definition) is 6. The third-order valence-electron chi connectivity index (χ3n) is 8.33. The Hall–Kier alpha value is -3.00. The van der Waals surface area contributed by atoms with E-state index in [9.17, 15) is 14.7 Å². The zero-order chi connectivity index (χ0) is 29.0. The minimum atomic E-state index is -0.382. The van der Waals surface area contributed by atoms with Gasteiger partial charge in [-0.1, -0.05) is 73.2 Å². The van der Waals surface area contributed by atoms with Crippen molar-refractivity contribution in [1.82, 2.24) is 9.80 Å². The van der Waals surface area contributed by atoms with E-state index >= 15 is 0 Å². The molecule has 2 aromatic rings. The normalized spacial score (nSPS) is 23.1. The molecule has 1 heterocycles. The van der Waals surface area contributed by atoms with Crippen LogP contribution in [0.1, 0.15) is 56.9 Å². The van der Waals surface area contributed by atoms with Gasteiger partial charge in [0.1, 0.15) is 0 Å². The van der Waals surface area contributed by atoms with Gasteiger partial charge in [0.05, 0.1) is 18.8 Å². The predicted molar refractivity (Wildman–Crippen MR) is 161 cm³/mol. The van der Waals surface area contributed by atoms with Gasteiger partial charge in [-0.3, -0.25) is 14.5 Å². The number of likely N-dealkylation sites (tertiary alicyclic amines) is 1. The second-order valence-corrected chi connectivity index (χ2v) is 11.5. The molecule has 4 rings (SSSR count). The first-order valence-corrected chi connectivity index (χ1v) is 15.1. The molecule has 41 heavy (non-hydrogen) atoms. The predicted octanol–water partition coefficient (Wildman–Crippen LogP) is 5.22. The van der Waals surface area contributed by atoms with Crippen LogP contribution >= 0.6 is 0 Å². The molecule has 2 aromatic carbocycles. The number of likely N-dealkylation sites (N-methyl/N-ethyl adjacent to an activating group) is 1. The molecular weight excluding hydrogens is 516 g/mol. The molecule has 0 bridgehead atoms. The number of allylic oxidation sites excluding steroid dienone is 2. The van der Waals surface area contributed by atoms with E-state index in [1.807, 2.05) is 12.1 Å². The van der Waals surface area contributed by atoms with Crippen LogP contribution in [0.2, 0.25) is 0 Å². The molecule has 0 radical (unpaired) electrons. The van der Waals surface area contributed by atoms with Crippen molar-refractivity contribution in [3.8, 4) is 11.1 Å². The van der Waals surface area contributed by atoms with Gasteiger partial charge in [-0.25, -0.2) is 0 Å². The van der Waals surface area contributed by atoms with E-state index in [2.05, 4.69) is 59.5 Å². The van der Waals surface area contributed by atoms with Gasteiger partial charge in [0.2, 0.25) is 0 Å². The average Bonchev–Trinajstić information content (AvgIpc) is 3.32. The number of aliphatic hydroxyl groups is 1. The Morgan fingerprint density at radius 1 is 0.951 bits per heavy atom. The van der Waals surface area contributed by atoms with Crippen molar-refractivity contribution in [1.29, 1.82) is 0 Å². The second-order valence-electron chi connectivity index (χ2n) is 11.5. The minimum Gasteiger partial charge on any atom is -0.456 e. The standard InChI is InChI=1S/C34H46N2O5/c1-35(2)32(38)25-41-33(39)16-10-4-3-9-15-29-31(23-30(37)34(29)36-21-11-6-12-22-36)40-24-26-17-19-28(20-18-26)27-13-7-5-8-14-27/h3-5,7-8,13-14,17-20,29-31,34,37H,6,9-12,15-16,21-25H2,1-2H3/b4-3-/t29-,30-,31-,34-/m0/s1. The number of nitrogens with zero attached hydrogens (tertiary/aromatic N) is 2. The van der Waals surface area contributed by atoms with Crippen molar-refractivity contribution in [3.05, 3.63) is 72.3 Å². The number of carbonyl (C=O) groups excluding carboxylic acids is 2. The Labute approximate surface area is 245 Å². The number of piperidine rings is 1. The lowest BCUT2D eigenvalue weighted by Gasteiger charge is -2.38. The Bertz CT molecular complexity index is 1110. The Morgan fingerprint density at radius 3 is 2.34 bits per heavy atom. The number of rotatable bonds is 13. The Balaban J connectivity index is 1.30. The van der Waals surface area contributed by atoms with Crippen LogP contribution < -0.4 is 0 Å². The summed E-state index contributed by atoms with van der Waals surface area (Å²) >= 11 is 0. The molecule has 1 N–H and O–H groups in total. The van der Waals surface area contributed by atoms with Crippen molar-refractivity contribution in [2.24, 2.45) is 5.92 Å². The quantitative estimate of drug-likeness (QED) is 0.266. The molecule has 1 amide bonds. The fourth-order valence-electron chi connectivity index (χ4n) is 6.03. The zero-order valence-electron chi connectivity index (χ0n) is 24.6. The van der Waals surface area contributed by atoms with Gasteiger partial charge in [-0.2, -0.15) is 0 Å². The van der Waals surface area contributed by atoms with E-state index in [1.165, 1.54) is 35.3 Å². The van der Waals surface area contributed by atoms with Crippen molar-refractivity contribution < 1.29 is 24.2 Å². The van der Waals surface area contributed by atoms with Crippen LogP contribution in [0.25, 0.3) is 11.1 Å². The van der Waals surface area contributed by atoms with Gasteiger partial charge in [0.15, 0.2) is 6.61 Å². The first-order valence-electron chi connectivity index (χ1n) is 15.1. The number of aliphatic hydroxyl groups excluding tert-OH is 1. The molecule has 1 aliphatic carbocycles. The maximum atomic E-state index is 11.9. The van der Waals surface area contributed by atoms with Gasteiger partial charge in [0, 0.05) is 38.9 Å². The smallest absolute Gasteiger partial charge is 0.306 e. The fraction of sp³-hybridized carbons (Fsp3) is 0.529. The van der Waals surface area contributed by atoms with Gasteiger partial charge in [-0.15, -0.1) is 0 Å². The van der Waals surface area contributed by atoms with E-state index < -0.39 is 0 Å². The highest BCUT2D eigenvalue weighted by Gasteiger charge is 2.45. The van der Waals surface area contributed by atoms with Crippen LogP contribution in [0.4, 0.5) is 0 Å². The molecule has 0 aromatic heterocycles. The number of esters is 1. The molecule has 222 valence electrons. The molecule has 0 unspecified atom stereocenters. The molecular formula is C34H46N2O5. The molecule has 7 nitrogen and oxygen atoms in total. The maximum Gasteiger partial charge on any atom is 0.306 e. The fourth-order valence-corrected chi connectivity index (χ4v) is 6.03. The highest BCUT2D eigenvalue weighted by atomic mass is 16.5. The topological polar surface area (TPSA) is 79.3 Å². The molecule has 0 spiro atoms. The number of amides is 1. The highest BCUT2D eigenvalue weighted by Crippen LogP contribution is 2.38. The molecule has 7 heteroatoms. The van der Waals surface area contributed by atoms with Crippen LogP contribution in [0.3, 0.4) is 0 Å². The van der Waals surface area contributed by atoms with Gasteiger partial charge >= 0.3 is 5.97 Å². The van der Waals surface area contributed by atoms with Crippen LogP contribution in [-0.2, 0) is 25.7 Å². The Kier molecular flexibility index (Phi) is 12.0. The molecule has 1 saturated heterocycles. The SMILES string of the molecule is CN(C)C(=O)COC(=O)CC/C=C\CC[C@@H]1[C@H](N2CCCCC2)[C@@H](O)C[C@@H]1OCc1ccc(-c2ccccc2)cc1. The number of benzene rings is 2. The monoisotopic (exact) mass is 562 g/mol. The number of hydrogen-bond donors (Lipinski definition) is 1. The minimum absolute atomic E-state index is 0.00309. The molecule has 1 saturated carbocycles. The summed E-state index contributed by atoms with van der Waals surface area (Å²) in [5.74, 6) is -0.338. The van der Waals surface area contributed by atoms with Crippen LogP contribution in [0.15, 0.2) is 66.7 Å².